The minimum atomic E-state index is -0.455. The molecule has 2 aromatic rings. The van der Waals surface area contributed by atoms with Gasteiger partial charge in [-0.05, 0) is 29.8 Å². The summed E-state index contributed by atoms with van der Waals surface area (Å²) in [6, 6.07) is 12.2. The van der Waals surface area contributed by atoms with Crippen molar-refractivity contribution in [3.05, 3.63) is 63.2 Å². The van der Waals surface area contributed by atoms with Crippen LogP contribution in [0, 0.1) is 10.1 Å². The molecule has 0 spiro atoms. The molecule has 0 radical (unpaired) electrons. The fourth-order valence-corrected chi connectivity index (χ4v) is 1.94. The van der Waals surface area contributed by atoms with Gasteiger partial charge in [0.15, 0.2) is 5.75 Å². The second-order valence-corrected chi connectivity index (χ2v) is 4.53. The average molecular weight is 293 g/mol. The molecule has 0 atom stereocenters. The summed E-state index contributed by atoms with van der Waals surface area (Å²) in [6.45, 7) is 0.463. The second-order valence-electron chi connectivity index (χ2n) is 4.09. The number of rotatable bonds is 5. The van der Waals surface area contributed by atoms with E-state index in [1.54, 1.807) is 30.3 Å². The summed E-state index contributed by atoms with van der Waals surface area (Å²) in [5.41, 5.74) is 1.33. The summed E-state index contributed by atoms with van der Waals surface area (Å²) in [4.78, 5) is 10.7. The number of hydrogen-bond acceptors (Lipinski definition) is 4. The van der Waals surface area contributed by atoms with Gasteiger partial charge in [0, 0.05) is 11.6 Å². The monoisotopic (exact) mass is 292 g/mol. The fourth-order valence-electron chi connectivity index (χ4n) is 1.82. The van der Waals surface area contributed by atoms with E-state index in [-0.39, 0.29) is 11.4 Å². The van der Waals surface area contributed by atoms with E-state index in [4.69, 9.17) is 16.3 Å². The Hall–Kier alpha value is -2.27. The first-order valence-corrected chi connectivity index (χ1v) is 6.29. The Balaban J connectivity index is 2.21. The van der Waals surface area contributed by atoms with E-state index in [1.807, 2.05) is 12.1 Å². The zero-order valence-electron chi connectivity index (χ0n) is 10.8. The molecule has 2 rings (SSSR count). The van der Waals surface area contributed by atoms with Gasteiger partial charge in [-0.25, -0.2) is 0 Å². The Morgan fingerprint density at radius 3 is 2.55 bits per heavy atom. The highest BCUT2D eigenvalue weighted by Gasteiger charge is 2.19. The normalized spacial score (nSPS) is 10.1. The molecule has 0 amide bonds. The van der Waals surface area contributed by atoms with Crippen LogP contribution in [0.3, 0.4) is 0 Å². The molecule has 0 heterocycles. The smallest absolute Gasteiger partial charge is 0.333 e. The van der Waals surface area contributed by atoms with Crippen LogP contribution in [0.2, 0.25) is 5.02 Å². The number of benzene rings is 2. The summed E-state index contributed by atoms with van der Waals surface area (Å²) in [6.07, 6.45) is 0. The quantitative estimate of drug-likeness (QED) is 0.671. The molecule has 0 aliphatic rings. The van der Waals surface area contributed by atoms with Crippen molar-refractivity contribution < 1.29 is 9.66 Å². The maximum absolute atomic E-state index is 11.1. The van der Waals surface area contributed by atoms with Crippen LogP contribution in [0.1, 0.15) is 5.56 Å². The molecule has 2 aromatic carbocycles. The number of anilines is 1. The van der Waals surface area contributed by atoms with Gasteiger partial charge in [0.1, 0.15) is 5.69 Å². The number of nitrogens with one attached hydrogen (secondary N) is 1. The first-order valence-electron chi connectivity index (χ1n) is 5.91. The van der Waals surface area contributed by atoms with Gasteiger partial charge in [-0.1, -0.05) is 29.8 Å². The Morgan fingerprint density at radius 1 is 1.25 bits per heavy atom. The average Bonchev–Trinajstić information content (AvgIpc) is 2.46. The molecule has 1 N–H and O–H groups in total. The fraction of sp³-hybridized carbons (Fsp3) is 0.143. The van der Waals surface area contributed by atoms with Crippen molar-refractivity contribution in [2.24, 2.45) is 0 Å². The number of hydrogen-bond donors (Lipinski definition) is 1. The number of ether oxygens (including phenoxy) is 1. The molecule has 0 aliphatic carbocycles. The minimum absolute atomic E-state index is 0.0658. The molecule has 0 unspecified atom stereocenters. The van der Waals surface area contributed by atoms with Crippen LogP contribution in [-0.4, -0.2) is 12.0 Å². The lowest BCUT2D eigenvalue weighted by atomic mass is 10.2. The van der Waals surface area contributed by atoms with Crippen molar-refractivity contribution in [3.63, 3.8) is 0 Å². The Labute approximate surface area is 121 Å². The molecular formula is C14H13ClN2O3. The third-order valence-corrected chi connectivity index (χ3v) is 3.05. The van der Waals surface area contributed by atoms with Gasteiger partial charge >= 0.3 is 5.69 Å². The third kappa shape index (κ3) is 3.19. The predicted molar refractivity (Wildman–Crippen MR) is 78.4 cm³/mol. The predicted octanol–water partition coefficient (Wildman–Crippen LogP) is 3.87. The zero-order chi connectivity index (χ0) is 14.5. The standard InChI is InChI=1S/C14H13ClN2O3/c1-20-13-4-2-3-12(14(13)17(18)19)16-9-10-5-7-11(15)8-6-10/h2-8,16H,9H2,1H3. The van der Waals surface area contributed by atoms with Gasteiger partial charge in [0.25, 0.3) is 0 Å². The molecule has 5 nitrogen and oxygen atoms in total. The highest BCUT2D eigenvalue weighted by molar-refractivity contribution is 6.30. The molecule has 0 saturated carbocycles. The second kappa shape index (κ2) is 6.25. The van der Waals surface area contributed by atoms with Crippen LogP contribution in [0.15, 0.2) is 42.5 Å². The Bertz CT molecular complexity index is 614. The summed E-state index contributed by atoms with van der Waals surface area (Å²) < 4.78 is 5.02. The number of para-hydroxylation sites is 1. The van der Waals surface area contributed by atoms with E-state index in [9.17, 15) is 10.1 Å². The van der Waals surface area contributed by atoms with E-state index >= 15 is 0 Å². The number of methoxy groups -OCH3 is 1. The first kappa shape index (κ1) is 14.1. The van der Waals surface area contributed by atoms with Crippen LogP contribution >= 0.6 is 11.6 Å². The van der Waals surface area contributed by atoms with Gasteiger partial charge in [-0.15, -0.1) is 0 Å². The summed E-state index contributed by atoms with van der Waals surface area (Å²) >= 11 is 5.81. The topological polar surface area (TPSA) is 64.4 Å². The summed E-state index contributed by atoms with van der Waals surface area (Å²) in [7, 11) is 1.41. The van der Waals surface area contributed by atoms with E-state index < -0.39 is 4.92 Å². The number of halogens is 1. The van der Waals surface area contributed by atoms with Crippen molar-refractivity contribution in [3.8, 4) is 5.75 Å². The van der Waals surface area contributed by atoms with Gasteiger partial charge in [-0.2, -0.15) is 0 Å². The molecule has 6 heteroatoms. The largest absolute Gasteiger partial charge is 0.490 e. The number of nitro benzene ring substituents is 1. The molecule has 0 bridgehead atoms. The van der Waals surface area contributed by atoms with Crippen molar-refractivity contribution in [2.75, 3.05) is 12.4 Å². The van der Waals surface area contributed by atoms with Gasteiger partial charge in [0.2, 0.25) is 0 Å². The molecule has 20 heavy (non-hydrogen) atoms. The molecule has 104 valence electrons. The maximum Gasteiger partial charge on any atom is 0.333 e. The van der Waals surface area contributed by atoms with E-state index in [0.29, 0.717) is 17.3 Å². The Morgan fingerprint density at radius 2 is 1.95 bits per heavy atom. The lowest BCUT2D eigenvalue weighted by Crippen LogP contribution is -2.03. The van der Waals surface area contributed by atoms with Gasteiger partial charge < -0.3 is 10.1 Å². The maximum atomic E-state index is 11.1. The van der Waals surface area contributed by atoms with Crippen LogP contribution in [-0.2, 0) is 6.54 Å². The lowest BCUT2D eigenvalue weighted by molar-refractivity contribution is -0.384. The molecular weight excluding hydrogens is 280 g/mol. The number of nitrogens with zero attached hydrogens (tertiary/aromatic N) is 1. The lowest BCUT2D eigenvalue weighted by Gasteiger charge is -2.09. The van der Waals surface area contributed by atoms with E-state index in [2.05, 4.69) is 5.32 Å². The summed E-state index contributed by atoms with van der Waals surface area (Å²) in [5.74, 6) is 0.233. The van der Waals surface area contributed by atoms with Gasteiger partial charge in [-0.3, -0.25) is 10.1 Å². The van der Waals surface area contributed by atoms with E-state index in [0.717, 1.165) is 5.56 Å². The SMILES string of the molecule is COc1cccc(NCc2ccc(Cl)cc2)c1[N+](=O)[O-]. The van der Waals surface area contributed by atoms with Crippen molar-refractivity contribution in [1.82, 2.24) is 0 Å². The van der Waals surface area contributed by atoms with Crippen LogP contribution in [0.25, 0.3) is 0 Å². The summed E-state index contributed by atoms with van der Waals surface area (Å²) in [5, 5.41) is 14.8. The van der Waals surface area contributed by atoms with E-state index in [1.165, 1.54) is 7.11 Å². The third-order valence-electron chi connectivity index (χ3n) is 2.80. The van der Waals surface area contributed by atoms with Crippen LogP contribution < -0.4 is 10.1 Å². The van der Waals surface area contributed by atoms with Crippen molar-refractivity contribution >= 4 is 23.0 Å². The van der Waals surface area contributed by atoms with Crippen LogP contribution in [0.5, 0.6) is 5.75 Å². The minimum Gasteiger partial charge on any atom is -0.490 e. The van der Waals surface area contributed by atoms with Crippen molar-refractivity contribution in [1.29, 1.82) is 0 Å². The van der Waals surface area contributed by atoms with Gasteiger partial charge in [0.05, 0.1) is 12.0 Å². The number of nitro groups is 1. The molecule has 0 fully saturated rings. The molecule has 0 aromatic heterocycles. The highest BCUT2D eigenvalue weighted by Crippen LogP contribution is 2.34. The van der Waals surface area contributed by atoms with Crippen molar-refractivity contribution in [2.45, 2.75) is 6.54 Å². The Kier molecular flexibility index (Phi) is 4.42. The highest BCUT2D eigenvalue weighted by atomic mass is 35.5. The van der Waals surface area contributed by atoms with Crippen LogP contribution in [0.4, 0.5) is 11.4 Å². The zero-order valence-corrected chi connectivity index (χ0v) is 11.6. The molecule has 0 saturated heterocycles. The first-order chi connectivity index (χ1) is 9.61. The molecule has 0 aliphatic heterocycles.